The second-order valence-corrected chi connectivity index (χ2v) is 22.4. The average Bonchev–Trinajstić information content (AvgIpc) is 3.53. The number of rotatable bonds is 2. The zero-order valence-electron chi connectivity index (χ0n) is 39.2. The molecule has 0 saturated carbocycles. The number of hydrogen-bond acceptors (Lipinski definition) is 5. The van der Waals surface area contributed by atoms with Crippen molar-refractivity contribution in [3.05, 3.63) is 113 Å². The van der Waals surface area contributed by atoms with E-state index < -0.39 is 6.85 Å². The summed E-state index contributed by atoms with van der Waals surface area (Å²) in [4.78, 5) is 14.8. The van der Waals surface area contributed by atoms with Crippen molar-refractivity contribution in [3.8, 4) is 0 Å². The highest BCUT2D eigenvalue weighted by Crippen LogP contribution is 2.51. The van der Waals surface area contributed by atoms with Crippen LogP contribution in [-0.4, -0.2) is 16.7 Å². The van der Waals surface area contributed by atoms with Crippen LogP contribution >= 0.6 is 11.3 Å². The first-order valence-electron chi connectivity index (χ1n) is 22.3. The van der Waals surface area contributed by atoms with Gasteiger partial charge in [0.05, 0.1) is 5.69 Å². The second-order valence-electron chi connectivity index (χ2n) is 21.3. The van der Waals surface area contributed by atoms with E-state index >= 15 is 0 Å². The molecule has 0 unspecified atom stereocenters. The zero-order chi connectivity index (χ0) is 43.3. The molecule has 2 aromatic heterocycles. The van der Waals surface area contributed by atoms with Gasteiger partial charge < -0.3 is 0 Å². The highest BCUT2D eigenvalue weighted by atomic mass is 32.1. The van der Waals surface area contributed by atoms with Crippen molar-refractivity contribution in [2.45, 2.75) is 137 Å². The molecule has 0 atom stereocenters. The minimum atomic E-state index is -2.55. The first kappa shape index (κ1) is 34.6. The van der Waals surface area contributed by atoms with Crippen molar-refractivity contribution < 1.29 is 4.11 Å². The van der Waals surface area contributed by atoms with Crippen LogP contribution in [0.1, 0.15) is 141 Å². The molecule has 2 aliphatic heterocycles. The van der Waals surface area contributed by atoms with Crippen molar-refractivity contribution in [2.24, 2.45) is 0 Å². The van der Waals surface area contributed by atoms with Gasteiger partial charge in [-0.3, -0.25) is 9.80 Å². The predicted octanol–water partition coefficient (Wildman–Crippen LogP) is 12.3. The number of aryl methyl sites for hydroxylation is 1. The average molecular weight is 774 g/mol. The van der Waals surface area contributed by atoms with E-state index in [9.17, 15) is 0 Å². The van der Waals surface area contributed by atoms with Gasteiger partial charge in [0.2, 0.25) is 0 Å². The van der Waals surface area contributed by atoms with E-state index in [-0.39, 0.29) is 39.6 Å². The SMILES string of the molecule is [2H]C([2H])([2H])c1nc2c3c(n1)N(c1ccc4c(c1)C(C)(C)CCC4(C)C)c1c(sc4ccc(C(C)(C)C)cc14)B3c1cc(C(C)(C)C)ccc1N2c1ccc(C(C)(C)C)cc1. The third-order valence-corrected chi connectivity index (χ3v) is 14.4. The predicted molar refractivity (Wildman–Crippen MR) is 248 cm³/mol. The molecular formula is C51H59BN4S. The first-order valence-corrected chi connectivity index (χ1v) is 21.6. The summed E-state index contributed by atoms with van der Waals surface area (Å²) in [6, 6.07) is 29.5. The van der Waals surface area contributed by atoms with Gasteiger partial charge in [-0.25, -0.2) is 9.97 Å². The van der Waals surface area contributed by atoms with Crippen LogP contribution in [0.15, 0.2) is 78.9 Å². The van der Waals surface area contributed by atoms with Crippen LogP contribution in [0, 0.1) is 6.85 Å². The van der Waals surface area contributed by atoms with Gasteiger partial charge in [0.1, 0.15) is 17.5 Å². The molecule has 0 N–H and O–H groups in total. The molecule has 0 bridgehead atoms. The molecule has 0 spiro atoms. The van der Waals surface area contributed by atoms with Gasteiger partial charge >= 0.3 is 0 Å². The Labute approximate surface area is 350 Å². The number of aromatic nitrogens is 2. The first-order chi connectivity index (χ1) is 27.8. The van der Waals surface area contributed by atoms with Crippen LogP contribution in [0.5, 0.6) is 0 Å². The Morgan fingerprint density at radius 2 is 1.19 bits per heavy atom. The summed E-state index contributed by atoms with van der Waals surface area (Å²) in [7, 11) is 0. The molecule has 9 rings (SSSR count). The number of thiophene rings is 1. The van der Waals surface area contributed by atoms with Gasteiger partial charge in [-0.2, -0.15) is 0 Å². The number of nitrogens with zero attached hydrogens (tertiary/aromatic N) is 4. The van der Waals surface area contributed by atoms with E-state index in [4.69, 9.17) is 14.1 Å². The van der Waals surface area contributed by atoms with Crippen molar-refractivity contribution in [1.82, 2.24) is 9.97 Å². The third kappa shape index (κ3) is 5.98. The van der Waals surface area contributed by atoms with E-state index in [2.05, 4.69) is 179 Å². The Kier molecular flexibility index (Phi) is 7.47. The van der Waals surface area contributed by atoms with Crippen molar-refractivity contribution in [2.75, 3.05) is 9.80 Å². The fourth-order valence-corrected chi connectivity index (χ4v) is 10.8. The molecule has 0 fully saturated rings. The maximum Gasteiger partial charge on any atom is 0.268 e. The monoisotopic (exact) mass is 773 g/mol. The van der Waals surface area contributed by atoms with Gasteiger partial charge in [0, 0.05) is 41.5 Å². The Morgan fingerprint density at radius 3 is 1.82 bits per heavy atom. The van der Waals surface area contributed by atoms with Gasteiger partial charge in [0.15, 0.2) is 0 Å². The standard InChI is InChI=1S/C51H59BN4S/c1-30-53-45-42-46(54-30)56(35-21-22-37-38(29-35)51(13,14)26-25-50(37,11)12)43-36-27-32(48(5,6)7)18-24-41(36)57-44(43)52(42)39-28-33(49(8,9)10)17-23-40(39)55(45)34-19-15-31(16-20-34)47(2,3)4/h15-24,27-29H,25-26H2,1-14H3/i1D3. The van der Waals surface area contributed by atoms with Crippen LogP contribution < -0.4 is 25.5 Å². The topological polar surface area (TPSA) is 32.3 Å². The highest BCUT2D eigenvalue weighted by molar-refractivity contribution is 7.33. The minimum Gasteiger partial charge on any atom is -0.296 e. The van der Waals surface area contributed by atoms with Gasteiger partial charge in [0.25, 0.3) is 6.71 Å². The summed E-state index contributed by atoms with van der Waals surface area (Å²) in [6.07, 6.45) is 2.21. The molecule has 0 amide bonds. The van der Waals surface area contributed by atoms with Gasteiger partial charge in [-0.05, 0) is 123 Å². The quantitative estimate of drug-likeness (QED) is 0.164. The van der Waals surface area contributed by atoms with Crippen LogP contribution in [-0.2, 0) is 27.1 Å². The summed E-state index contributed by atoms with van der Waals surface area (Å²) < 4.78 is 29.0. The van der Waals surface area contributed by atoms with Crippen molar-refractivity contribution in [1.29, 1.82) is 0 Å². The van der Waals surface area contributed by atoms with E-state index in [1.165, 1.54) is 42.8 Å². The molecule has 3 aliphatic rings. The lowest BCUT2D eigenvalue weighted by atomic mass is 9.36. The lowest BCUT2D eigenvalue weighted by Gasteiger charge is -2.44. The van der Waals surface area contributed by atoms with E-state index in [0.717, 1.165) is 46.4 Å². The Morgan fingerprint density at radius 1 is 0.632 bits per heavy atom. The van der Waals surface area contributed by atoms with Crippen LogP contribution in [0.25, 0.3) is 10.1 Å². The molecule has 0 saturated heterocycles. The summed E-state index contributed by atoms with van der Waals surface area (Å²) in [5, 5.41) is 1.16. The summed E-state index contributed by atoms with van der Waals surface area (Å²) in [5.41, 5.74) is 12.4. The van der Waals surface area contributed by atoms with E-state index in [1.54, 1.807) is 0 Å². The molecule has 6 heteroatoms. The smallest absolute Gasteiger partial charge is 0.268 e. The van der Waals surface area contributed by atoms with Gasteiger partial charge in [-0.15, -0.1) is 11.3 Å². The summed E-state index contributed by atoms with van der Waals surface area (Å²) >= 11 is 1.85. The van der Waals surface area contributed by atoms with Crippen LogP contribution in [0.4, 0.5) is 34.4 Å². The highest BCUT2D eigenvalue weighted by Gasteiger charge is 2.48. The fraction of sp³-hybridized carbons (Fsp3) is 0.412. The van der Waals surface area contributed by atoms with Crippen molar-refractivity contribution in [3.63, 3.8) is 0 Å². The molecule has 1 aliphatic carbocycles. The summed E-state index contributed by atoms with van der Waals surface area (Å²) in [5.74, 6) is 1.11. The summed E-state index contributed by atoms with van der Waals surface area (Å²) in [6.45, 7) is 27.0. The lowest BCUT2D eigenvalue weighted by Crippen LogP contribution is -2.61. The molecular weight excluding hydrogens is 711 g/mol. The molecule has 4 aromatic carbocycles. The Balaban J connectivity index is 1.43. The van der Waals surface area contributed by atoms with E-state index in [0.29, 0.717) is 11.6 Å². The Bertz CT molecular complexity index is 2720. The lowest BCUT2D eigenvalue weighted by molar-refractivity contribution is 0.332. The van der Waals surface area contributed by atoms with Crippen LogP contribution in [0.3, 0.4) is 0 Å². The molecule has 4 heterocycles. The third-order valence-electron chi connectivity index (χ3n) is 13.2. The molecule has 4 nitrogen and oxygen atoms in total. The fourth-order valence-electron chi connectivity index (χ4n) is 9.48. The number of fused-ring (bicyclic) bond motifs is 7. The van der Waals surface area contributed by atoms with Gasteiger partial charge in [-0.1, -0.05) is 126 Å². The maximum atomic E-state index is 8.85. The molecule has 0 radical (unpaired) electrons. The van der Waals surface area contributed by atoms with Crippen molar-refractivity contribution >= 4 is 78.2 Å². The number of hydrogen-bond donors (Lipinski definition) is 0. The largest absolute Gasteiger partial charge is 0.296 e. The Hall–Kier alpha value is -4.42. The maximum absolute atomic E-state index is 8.85. The number of anilines is 6. The zero-order valence-corrected chi connectivity index (χ0v) is 37.0. The molecule has 57 heavy (non-hydrogen) atoms. The van der Waals surface area contributed by atoms with Crippen LogP contribution in [0.2, 0.25) is 0 Å². The minimum absolute atomic E-state index is 0.0306. The second kappa shape index (κ2) is 12.3. The molecule has 292 valence electrons. The normalized spacial score (nSPS) is 18.0. The van der Waals surface area contributed by atoms with E-state index in [1.807, 2.05) is 11.3 Å². The number of benzene rings is 4. The molecule has 6 aromatic rings.